The van der Waals surface area contributed by atoms with Crippen LogP contribution in [0.2, 0.25) is 0 Å². The first-order valence-electron chi connectivity index (χ1n) is 10.0. The summed E-state index contributed by atoms with van der Waals surface area (Å²) in [6.07, 6.45) is 3.43. The zero-order valence-electron chi connectivity index (χ0n) is 15.8. The lowest BCUT2D eigenvalue weighted by atomic mass is 9.81. The van der Waals surface area contributed by atoms with E-state index in [4.69, 9.17) is 4.74 Å². The number of nitrogens with zero attached hydrogens (tertiary/aromatic N) is 2. The molecule has 4 nitrogen and oxygen atoms in total. The lowest BCUT2D eigenvalue weighted by Crippen LogP contribution is -2.57. The highest BCUT2D eigenvalue weighted by atomic mass is 16.5. The van der Waals surface area contributed by atoms with E-state index >= 15 is 0 Å². The second kappa shape index (κ2) is 7.46. The van der Waals surface area contributed by atoms with Gasteiger partial charge >= 0.3 is 0 Å². The van der Waals surface area contributed by atoms with Crippen molar-refractivity contribution in [3.05, 3.63) is 78.1 Å². The molecule has 2 aliphatic heterocycles. The third kappa shape index (κ3) is 3.23. The molecule has 2 aliphatic rings. The number of benzene rings is 2. The summed E-state index contributed by atoms with van der Waals surface area (Å²) < 4.78 is 5.84. The summed E-state index contributed by atoms with van der Waals surface area (Å²) in [5, 5.41) is 2.04. The SMILES string of the molecule is O=C(c1nccc2ccccc12)C1CC2COCC(C1)N2Cc1ccccc1. The molecule has 2 aromatic carbocycles. The Kier molecular flexibility index (Phi) is 4.67. The van der Waals surface area contributed by atoms with Gasteiger partial charge in [0.25, 0.3) is 0 Å². The summed E-state index contributed by atoms with van der Waals surface area (Å²) in [7, 11) is 0. The summed E-state index contributed by atoms with van der Waals surface area (Å²) in [4.78, 5) is 20.4. The van der Waals surface area contributed by atoms with Crippen LogP contribution in [0.4, 0.5) is 0 Å². The minimum atomic E-state index is 0.0178. The van der Waals surface area contributed by atoms with Crippen LogP contribution in [0.1, 0.15) is 28.9 Å². The largest absolute Gasteiger partial charge is 0.378 e. The van der Waals surface area contributed by atoms with Gasteiger partial charge in [-0.25, -0.2) is 0 Å². The van der Waals surface area contributed by atoms with Gasteiger partial charge in [0.1, 0.15) is 5.69 Å². The van der Waals surface area contributed by atoms with Gasteiger partial charge in [-0.05, 0) is 29.9 Å². The minimum absolute atomic E-state index is 0.0178. The van der Waals surface area contributed by atoms with Crippen LogP contribution < -0.4 is 0 Å². The summed E-state index contributed by atoms with van der Waals surface area (Å²) in [6.45, 7) is 2.33. The Morgan fingerprint density at radius 3 is 2.46 bits per heavy atom. The molecule has 0 radical (unpaired) electrons. The Balaban J connectivity index is 1.39. The molecule has 2 atom stereocenters. The van der Waals surface area contributed by atoms with Gasteiger partial charge < -0.3 is 4.74 Å². The van der Waals surface area contributed by atoms with E-state index in [9.17, 15) is 4.79 Å². The number of piperidine rings is 1. The molecule has 0 aliphatic carbocycles. The average Bonchev–Trinajstić information content (AvgIpc) is 2.73. The van der Waals surface area contributed by atoms with Crippen molar-refractivity contribution in [1.29, 1.82) is 0 Å². The molecule has 28 heavy (non-hydrogen) atoms. The molecule has 2 saturated heterocycles. The van der Waals surface area contributed by atoms with Crippen molar-refractivity contribution in [2.75, 3.05) is 13.2 Å². The molecule has 2 fully saturated rings. The van der Waals surface area contributed by atoms with Gasteiger partial charge in [0.2, 0.25) is 0 Å². The number of hydrogen-bond acceptors (Lipinski definition) is 4. The van der Waals surface area contributed by atoms with Gasteiger partial charge in [-0.15, -0.1) is 0 Å². The Bertz CT molecular complexity index is 969. The molecule has 4 heteroatoms. The molecule has 2 unspecified atom stereocenters. The molecular formula is C24H24N2O2. The average molecular weight is 372 g/mol. The van der Waals surface area contributed by atoms with E-state index < -0.39 is 0 Å². The molecule has 0 saturated carbocycles. The topological polar surface area (TPSA) is 42.4 Å². The van der Waals surface area contributed by atoms with Crippen molar-refractivity contribution in [3.8, 4) is 0 Å². The number of carbonyl (C=O) groups excluding carboxylic acids is 1. The number of pyridine rings is 1. The number of ketones is 1. The standard InChI is InChI=1S/C24H24N2O2/c27-24(23-22-9-5-4-8-18(22)10-11-25-23)19-12-20-15-28-16-21(13-19)26(20)14-17-6-2-1-3-7-17/h1-11,19-21H,12-16H2. The van der Waals surface area contributed by atoms with Gasteiger partial charge in [-0.1, -0.05) is 54.6 Å². The molecule has 142 valence electrons. The van der Waals surface area contributed by atoms with Crippen molar-refractivity contribution in [3.63, 3.8) is 0 Å². The zero-order chi connectivity index (χ0) is 18.9. The maximum atomic E-state index is 13.4. The molecular weight excluding hydrogens is 348 g/mol. The Hall–Kier alpha value is -2.56. The molecule has 2 bridgehead atoms. The van der Waals surface area contributed by atoms with Gasteiger partial charge in [-0.2, -0.15) is 0 Å². The fourth-order valence-electron chi connectivity index (χ4n) is 4.77. The Labute approximate surface area is 165 Å². The summed E-state index contributed by atoms with van der Waals surface area (Å²) in [5.41, 5.74) is 1.94. The van der Waals surface area contributed by atoms with Crippen molar-refractivity contribution in [1.82, 2.24) is 9.88 Å². The van der Waals surface area contributed by atoms with E-state index in [2.05, 4.69) is 40.2 Å². The van der Waals surface area contributed by atoms with Crippen LogP contribution in [-0.4, -0.2) is 41.0 Å². The summed E-state index contributed by atoms with van der Waals surface area (Å²) in [6, 6.07) is 21.1. The highest BCUT2D eigenvalue weighted by molar-refractivity contribution is 6.07. The first-order valence-corrected chi connectivity index (χ1v) is 10.0. The van der Waals surface area contributed by atoms with E-state index in [-0.39, 0.29) is 23.8 Å². The van der Waals surface area contributed by atoms with Crippen LogP contribution in [0.5, 0.6) is 0 Å². The van der Waals surface area contributed by atoms with Gasteiger partial charge in [0.15, 0.2) is 5.78 Å². The smallest absolute Gasteiger partial charge is 0.184 e. The predicted molar refractivity (Wildman–Crippen MR) is 109 cm³/mol. The molecule has 3 aromatic rings. The quantitative estimate of drug-likeness (QED) is 0.647. The number of carbonyl (C=O) groups is 1. The normalized spacial score (nSPS) is 24.9. The number of Topliss-reactive ketones (excluding diaryl/α,β-unsaturated/α-hetero) is 1. The Morgan fingerprint density at radius 1 is 0.964 bits per heavy atom. The van der Waals surface area contributed by atoms with Crippen LogP contribution in [0.3, 0.4) is 0 Å². The van der Waals surface area contributed by atoms with E-state index in [1.807, 2.05) is 30.3 Å². The Morgan fingerprint density at radius 2 is 1.68 bits per heavy atom. The van der Waals surface area contributed by atoms with Gasteiger partial charge in [0, 0.05) is 36.1 Å². The highest BCUT2D eigenvalue weighted by Gasteiger charge is 2.41. The molecule has 1 aromatic heterocycles. The van der Waals surface area contributed by atoms with Gasteiger partial charge in [0.05, 0.1) is 13.2 Å². The fraction of sp³-hybridized carbons (Fsp3) is 0.333. The second-order valence-electron chi connectivity index (χ2n) is 7.92. The van der Waals surface area contributed by atoms with Crippen molar-refractivity contribution >= 4 is 16.6 Å². The first kappa shape index (κ1) is 17.5. The maximum absolute atomic E-state index is 13.4. The van der Waals surface area contributed by atoms with Crippen molar-refractivity contribution in [2.24, 2.45) is 5.92 Å². The molecule has 3 heterocycles. The summed E-state index contributed by atoms with van der Waals surface area (Å²) >= 11 is 0. The molecule has 0 spiro atoms. The van der Waals surface area contributed by atoms with Crippen LogP contribution >= 0.6 is 0 Å². The van der Waals surface area contributed by atoms with Crippen LogP contribution in [-0.2, 0) is 11.3 Å². The third-order valence-electron chi connectivity index (χ3n) is 6.16. The van der Waals surface area contributed by atoms with E-state index in [0.29, 0.717) is 18.9 Å². The molecule has 0 N–H and O–H groups in total. The van der Waals surface area contributed by atoms with E-state index in [1.54, 1.807) is 6.20 Å². The number of morpholine rings is 1. The third-order valence-corrected chi connectivity index (χ3v) is 6.16. The van der Waals surface area contributed by atoms with Crippen molar-refractivity contribution < 1.29 is 9.53 Å². The first-order chi connectivity index (χ1) is 13.8. The van der Waals surface area contributed by atoms with E-state index in [0.717, 1.165) is 30.2 Å². The minimum Gasteiger partial charge on any atom is -0.378 e. The second-order valence-corrected chi connectivity index (χ2v) is 7.92. The highest BCUT2D eigenvalue weighted by Crippen LogP contribution is 2.35. The zero-order valence-corrected chi connectivity index (χ0v) is 15.8. The number of rotatable bonds is 4. The van der Waals surface area contributed by atoms with Crippen LogP contribution in [0.25, 0.3) is 10.8 Å². The number of hydrogen-bond donors (Lipinski definition) is 0. The monoisotopic (exact) mass is 372 g/mol. The molecule has 5 rings (SSSR count). The number of ether oxygens (including phenoxy) is 1. The van der Waals surface area contributed by atoms with Gasteiger partial charge in [-0.3, -0.25) is 14.7 Å². The lowest BCUT2D eigenvalue weighted by Gasteiger charge is -2.48. The number of fused-ring (bicyclic) bond motifs is 3. The van der Waals surface area contributed by atoms with E-state index in [1.165, 1.54) is 5.56 Å². The maximum Gasteiger partial charge on any atom is 0.184 e. The fourth-order valence-corrected chi connectivity index (χ4v) is 4.77. The molecule has 0 amide bonds. The lowest BCUT2D eigenvalue weighted by molar-refractivity contribution is -0.0873. The van der Waals surface area contributed by atoms with Crippen LogP contribution in [0.15, 0.2) is 66.9 Å². The van der Waals surface area contributed by atoms with Crippen molar-refractivity contribution in [2.45, 2.75) is 31.5 Å². The predicted octanol–water partition coefficient (Wildman–Crippen LogP) is 4.10. The summed E-state index contributed by atoms with van der Waals surface area (Å²) in [5.74, 6) is 0.206. The number of aromatic nitrogens is 1. The van der Waals surface area contributed by atoms with Crippen LogP contribution in [0, 0.1) is 5.92 Å².